The summed E-state index contributed by atoms with van der Waals surface area (Å²) in [5, 5.41) is 3.64. The highest BCUT2D eigenvalue weighted by atomic mass is 16.5. The van der Waals surface area contributed by atoms with Crippen molar-refractivity contribution in [3.8, 4) is 11.5 Å². The number of ether oxygens (including phenoxy) is 2. The van der Waals surface area contributed by atoms with Crippen molar-refractivity contribution < 1.29 is 9.47 Å². The minimum Gasteiger partial charge on any atom is -0.490 e. The molecule has 1 aliphatic carbocycles. The zero-order valence-electron chi connectivity index (χ0n) is 13.6. The maximum Gasteiger partial charge on any atom is 0.161 e. The van der Waals surface area contributed by atoms with Crippen molar-refractivity contribution in [2.75, 3.05) is 19.8 Å². The van der Waals surface area contributed by atoms with E-state index in [1.54, 1.807) is 0 Å². The van der Waals surface area contributed by atoms with Crippen molar-refractivity contribution in [1.82, 2.24) is 5.32 Å². The highest BCUT2D eigenvalue weighted by Crippen LogP contribution is 2.27. The van der Waals surface area contributed by atoms with Crippen molar-refractivity contribution in [2.24, 2.45) is 11.8 Å². The minimum absolute atomic E-state index is 0.667. The van der Waals surface area contributed by atoms with Gasteiger partial charge in [-0.05, 0) is 56.7 Å². The number of para-hydroxylation sites is 2. The fourth-order valence-electron chi connectivity index (χ4n) is 2.44. The van der Waals surface area contributed by atoms with Gasteiger partial charge in [-0.15, -0.1) is 0 Å². The lowest BCUT2D eigenvalue weighted by Gasteiger charge is -2.22. The number of nitrogens with one attached hydrogen (secondary N) is 1. The third-order valence-electron chi connectivity index (χ3n) is 4.08. The van der Waals surface area contributed by atoms with Crippen molar-refractivity contribution in [1.29, 1.82) is 0 Å². The molecule has 0 bridgehead atoms. The predicted molar refractivity (Wildman–Crippen MR) is 87.1 cm³/mol. The van der Waals surface area contributed by atoms with E-state index in [0.29, 0.717) is 18.4 Å². The molecule has 0 saturated heterocycles. The van der Waals surface area contributed by atoms with Gasteiger partial charge < -0.3 is 14.8 Å². The molecule has 0 amide bonds. The Hall–Kier alpha value is -1.22. The quantitative estimate of drug-likeness (QED) is 0.709. The Balaban J connectivity index is 1.77. The SMILES string of the molecule is CCOc1ccccc1OCCC(CNC1CC1)C(C)C. The van der Waals surface area contributed by atoms with Gasteiger partial charge in [-0.1, -0.05) is 26.0 Å². The fourth-order valence-corrected chi connectivity index (χ4v) is 2.44. The molecule has 0 heterocycles. The molecule has 21 heavy (non-hydrogen) atoms. The topological polar surface area (TPSA) is 30.5 Å². The Morgan fingerprint density at radius 2 is 1.81 bits per heavy atom. The van der Waals surface area contributed by atoms with Crippen LogP contribution in [0.25, 0.3) is 0 Å². The van der Waals surface area contributed by atoms with Gasteiger partial charge in [0.05, 0.1) is 13.2 Å². The summed E-state index contributed by atoms with van der Waals surface area (Å²) < 4.78 is 11.5. The Kier molecular flexibility index (Phi) is 6.37. The minimum atomic E-state index is 0.667. The standard InChI is InChI=1S/C18H29NO2/c1-4-20-17-7-5-6-8-18(17)21-12-11-15(14(2)3)13-19-16-9-10-16/h5-8,14-16,19H,4,9-13H2,1-3H3. The van der Waals surface area contributed by atoms with E-state index in [1.165, 1.54) is 12.8 Å². The summed E-state index contributed by atoms with van der Waals surface area (Å²) in [5.74, 6) is 3.06. The fraction of sp³-hybridized carbons (Fsp3) is 0.667. The molecule has 0 aliphatic heterocycles. The molecule has 1 saturated carbocycles. The summed E-state index contributed by atoms with van der Waals surface area (Å²) in [6.45, 7) is 9.12. The normalized spacial score (nSPS) is 16.0. The summed E-state index contributed by atoms with van der Waals surface area (Å²) in [5.41, 5.74) is 0. The van der Waals surface area contributed by atoms with Crippen LogP contribution >= 0.6 is 0 Å². The van der Waals surface area contributed by atoms with Gasteiger partial charge in [-0.3, -0.25) is 0 Å². The Morgan fingerprint density at radius 1 is 1.14 bits per heavy atom. The Bertz CT molecular complexity index is 415. The van der Waals surface area contributed by atoms with Crippen molar-refractivity contribution in [3.05, 3.63) is 24.3 Å². The Labute approximate surface area is 129 Å². The Morgan fingerprint density at radius 3 is 2.38 bits per heavy atom. The molecule has 1 unspecified atom stereocenters. The molecule has 3 heteroatoms. The maximum atomic E-state index is 5.94. The number of hydrogen-bond donors (Lipinski definition) is 1. The summed E-state index contributed by atoms with van der Waals surface area (Å²) >= 11 is 0. The van der Waals surface area contributed by atoms with Crippen LogP contribution in [-0.2, 0) is 0 Å². The monoisotopic (exact) mass is 291 g/mol. The smallest absolute Gasteiger partial charge is 0.161 e. The molecule has 1 atom stereocenters. The molecule has 1 aromatic rings. The molecule has 1 aliphatic rings. The highest BCUT2D eigenvalue weighted by Gasteiger charge is 2.23. The van der Waals surface area contributed by atoms with Crippen LogP contribution in [0, 0.1) is 11.8 Å². The first-order valence-electron chi connectivity index (χ1n) is 8.28. The molecule has 118 valence electrons. The van der Waals surface area contributed by atoms with Gasteiger partial charge in [0.25, 0.3) is 0 Å². The second kappa shape index (κ2) is 8.28. The summed E-state index contributed by atoms with van der Waals surface area (Å²) in [6, 6.07) is 8.71. The number of rotatable bonds is 10. The van der Waals surface area contributed by atoms with E-state index in [9.17, 15) is 0 Å². The van der Waals surface area contributed by atoms with Gasteiger partial charge in [0.15, 0.2) is 11.5 Å². The van der Waals surface area contributed by atoms with Crippen LogP contribution in [0.4, 0.5) is 0 Å². The van der Waals surface area contributed by atoms with E-state index in [0.717, 1.165) is 37.1 Å². The summed E-state index contributed by atoms with van der Waals surface area (Å²) in [4.78, 5) is 0. The van der Waals surface area contributed by atoms with Gasteiger partial charge in [0.1, 0.15) is 0 Å². The zero-order chi connectivity index (χ0) is 15.1. The van der Waals surface area contributed by atoms with Crippen LogP contribution in [0.3, 0.4) is 0 Å². The maximum absolute atomic E-state index is 5.94. The van der Waals surface area contributed by atoms with Gasteiger partial charge in [0.2, 0.25) is 0 Å². The molecule has 1 aromatic carbocycles. The van der Waals surface area contributed by atoms with Crippen LogP contribution in [0.2, 0.25) is 0 Å². The average Bonchev–Trinajstić information content (AvgIpc) is 3.28. The van der Waals surface area contributed by atoms with Crippen molar-refractivity contribution >= 4 is 0 Å². The molecule has 0 radical (unpaired) electrons. The van der Waals surface area contributed by atoms with E-state index < -0.39 is 0 Å². The lowest BCUT2D eigenvalue weighted by molar-refractivity contribution is 0.231. The first kappa shape index (κ1) is 16.2. The number of benzene rings is 1. The van der Waals surface area contributed by atoms with Gasteiger partial charge in [0, 0.05) is 6.04 Å². The van der Waals surface area contributed by atoms with Crippen LogP contribution < -0.4 is 14.8 Å². The molecule has 1 fully saturated rings. The molecular formula is C18H29NO2. The molecule has 0 spiro atoms. The second-order valence-corrected chi connectivity index (χ2v) is 6.20. The molecule has 1 N–H and O–H groups in total. The van der Waals surface area contributed by atoms with E-state index in [2.05, 4.69) is 19.2 Å². The second-order valence-electron chi connectivity index (χ2n) is 6.20. The molecule has 2 rings (SSSR count). The van der Waals surface area contributed by atoms with Crippen molar-refractivity contribution in [2.45, 2.75) is 46.1 Å². The van der Waals surface area contributed by atoms with Gasteiger partial charge >= 0.3 is 0 Å². The third kappa shape index (κ3) is 5.58. The van der Waals surface area contributed by atoms with E-state index in [4.69, 9.17) is 9.47 Å². The van der Waals surface area contributed by atoms with E-state index in [1.807, 2.05) is 31.2 Å². The molecular weight excluding hydrogens is 262 g/mol. The lowest BCUT2D eigenvalue weighted by atomic mass is 9.93. The van der Waals surface area contributed by atoms with Crippen LogP contribution in [-0.4, -0.2) is 25.8 Å². The lowest BCUT2D eigenvalue weighted by Crippen LogP contribution is -2.29. The molecule has 3 nitrogen and oxygen atoms in total. The first-order valence-corrected chi connectivity index (χ1v) is 8.28. The largest absolute Gasteiger partial charge is 0.490 e. The van der Waals surface area contributed by atoms with Crippen LogP contribution in [0.1, 0.15) is 40.0 Å². The third-order valence-corrected chi connectivity index (χ3v) is 4.08. The van der Waals surface area contributed by atoms with Gasteiger partial charge in [-0.2, -0.15) is 0 Å². The first-order chi connectivity index (χ1) is 10.2. The van der Waals surface area contributed by atoms with Crippen LogP contribution in [0.5, 0.6) is 11.5 Å². The summed E-state index contributed by atoms with van der Waals surface area (Å²) in [7, 11) is 0. The van der Waals surface area contributed by atoms with Crippen LogP contribution in [0.15, 0.2) is 24.3 Å². The van der Waals surface area contributed by atoms with E-state index in [-0.39, 0.29) is 0 Å². The van der Waals surface area contributed by atoms with E-state index >= 15 is 0 Å². The zero-order valence-corrected chi connectivity index (χ0v) is 13.6. The number of hydrogen-bond acceptors (Lipinski definition) is 3. The predicted octanol–water partition coefficient (Wildman–Crippen LogP) is 3.88. The van der Waals surface area contributed by atoms with Crippen molar-refractivity contribution in [3.63, 3.8) is 0 Å². The summed E-state index contributed by atoms with van der Waals surface area (Å²) in [6.07, 6.45) is 3.78. The molecule has 0 aromatic heterocycles. The van der Waals surface area contributed by atoms with Gasteiger partial charge in [-0.25, -0.2) is 0 Å². The average molecular weight is 291 g/mol. The highest BCUT2D eigenvalue weighted by molar-refractivity contribution is 5.39.